The van der Waals surface area contributed by atoms with Gasteiger partial charge in [0.1, 0.15) is 6.04 Å². The first-order valence-electron chi connectivity index (χ1n) is 11.1. The minimum absolute atomic E-state index is 0.0321. The van der Waals surface area contributed by atoms with Crippen LogP contribution in [0.1, 0.15) is 43.2 Å². The van der Waals surface area contributed by atoms with Gasteiger partial charge in [-0.1, -0.05) is 30.4 Å². The predicted octanol–water partition coefficient (Wildman–Crippen LogP) is 4.82. The van der Waals surface area contributed by atoms with Crippen molar-refractivity contribution >= 4 is 23.5 Å². The van der Waals surface area contributed by atoms with Crippen molar-refractivity contribution in [2.75, 3.05) is 20.1 Å². The van der Waals surface area contributed by atoms with Crippen molar-refractivity contribution in [1.29, 1.82) is 0 Å². The van der Waals surface area contributed by atoms with Gasteiger partial charge in [-0.3, -0.25) is 4.79 Å². The van der Waals surface area contributed by atoms with E-state index >= 15 is 0 Å². The summed E-state index contributed by atoms with van der Waals surface area (Å²) in [5.74, 6) is -0.145. The van der Waals surface area contributed by atoms with Crippen LogP contribution in [0.25, 0.3) is 0 Å². The van der Waals surface area contributed by atoms with Gasteiger partial charge in [-0.05, 0) is 55.4 Å². The molecule has 1 heterocycles. The van der Waals surface area contributed by atoms with Crippen LogP contribution in [0.3, 0.4) is 0 Å². The third kappa shape index (κ3) is 5.21. The predicted molar refractivity (Wildman–Crippen MR) is 120 cm³/mol. The highest BCUT2D eigenvalue weighted by molar-refractivity contribution is 6.22. The molecule has 1 aliphatic heterocycles. The lowest BCUT2D eigenvalue weighted by molar-refractivity contribution is -0.137. The number of alkyl halides is 4. The van der Waals surface area contributed by atoms with Gasteiger partial charge in [0.25, 0.3) is 0 Å². The van der Waals surface area contributed by atoms with Gasteiger partial charge in [0, 0.05) is 20.1 Å². The zero-order valence-corrected chi connectivity index (χ0v) is 19.1. The lowest BCUT2D eigenvalue weighted by Crippen LogP contribution is -2.52. The Kier molecular flexibility index (Phi) is 6.49. The first kappa shape index (κ1) is 23.7. The fraction of sp³-hybridized carbons (Fsp3) is 0.500. The molecule has 33 heavy (non-hydrogen) atoms. The number of nitrogens with zero attached hydrogens (tertiary/aromatic N) is 2. The number of likely N-dealkylation sites (tertiary alicyclic amines) is 1. The summed E-state index contributed by atoms with van der Waals surface area (Å²) in [5, 5.41) is 2.89. The first-order valence-corrected chi connectivity index (χ1v) is 11.6. The average molecular weight is 482 g/mol. The van der Waals surface area contributed by atoms with Crippen LogP contribution in [0.5, 0.6) is 0 Å². The van der Waals surface area contributed by atoms with E-state index in [9.17, 15) is 22.8 Å². The number of rotatable bonds is 5. The Balaban J connectivity index is 1.42. The van der Waals surface area contributed by atoms with Crippen LogP contribution >= 0.6 is 11.6 Å². The van der Waals surface area contributed by atoms with Gasteiger partial charge in [0.05, 0.1) is 16.5 Å². The van der Waals surface area contributed by atoms with Crippen LogP contribution < -0.4 is 5.32 Å². The van der Waals surface area contributed by atoms with Gasteiger partial charge >= 0.3 is 12.2 Å². The topological polar surface area (TPSA) is 52.7 Å². The third-order valence-electron chi connectivity index (χ3n) is 6.56. The van der Waals surface area contributed by atoms with E-state index in [4.69, 9.17) is 11.6 Å². The summed E-state index contributed by atoms with van der Waals surface area (Å²) in [6, 6.07) is 4.11. The molecule has 1 aromatic rings. The van der Waals surface area contributed by atoms with Gasteiger partial charge < -0.3 is 15.1 Å². The number of hydrogen-bond donors (Lipinski definition) is 1. The van der Waals surface area contributed by atoms with Crippen LogP contribution in [-0.2, 0) is 16.5 Å². The minimum atomic E-state index is -4.44. The largest absolute Gasteiger partial charge is 0.416 e. The summed E-state index contributed by atoms with van der Waals surface area (Å²) < 4.78 is 39.4. The molecule has 2 aliphatic carbocycles. The quantitative estimate of drug-likeness (QED) is 0.613. The van der Waals surface area contributed by atoms with Crippen LogP contribution in [0.2, 0.25) is 0 Å². The Morgan fingerprint density at radius 1 is 1.30 bits per heavy atom. The zero-order chi connectivity index (χ0) is 23.8. The first-order chi connectivity index (χ1) is 15.6. The minimum Gasteiger partial charge on any atom is -0.340 e. The fourth-order valence-corrected chi connectivity index (χ4v) is 4.67. The van der Waals surface area contributed by atoms with E-state index in [-0.39, 0.29) is 11.3 Å². The summed E-state index contributed by atoms with van der Waals surface area (Å²) in [5.41, 5.74) is -0.101. The second-order valence-corrected chi connectivity index (χ2v) is 9.59. The number of nitrogens with one attached hydrogen (secondary N) is 1. The van der Waals surface area contributed by atoms with E-state index < -0.39 is 29.4 Å². The highest BCUT2D eigenvalue weighted by atomic mass is 35.5. The molecular weight excluding hydrogens is 455 g/mol. The zero-order valence-electron chi connectivity index (χ0n) is 18.4. The highest BCUT2D eigenvalue weighted by Gasteiger charge is 2.48. The van der Waals surface area contributed by atoms with Crippen molar-refractivity contribution in [1.82, 2.24) is 15.1 Å². The molecule has 3 aliphatic rings. The molecule has 2 atom stereocenters. The summed E-state index contributed by atoms with van der Waals surface area (Å²) in [6.45, 7) is 0.865. The average Bonchev–Trinajstić information content (AvgIpc) is 3.39. The standard InChI is InChI=1S/C24H27ClF3N3O2/c1-30(15-16-7-9-19(25)10-8-16)21(32)20-6-3-13-31(20)22(33)29-23(11-12-23)17-4-2-5-18(14-17)24(26,27)28/h2,4-5,7-9,14,19-20H,3,6,10-13,15H2,1H3,(H,29,33). The van der Waals surface area contributed by atoms with E-state index in [1.807, 2.05) is 18.2 Å². The molecule has 2 unspecified atom stereocenters. The molecule has 1 N–H and O–H groups in total. The number of carbonyl (C=O) groups excluding carboxylic acids is 2. The molecule has 1 saturated carbocycles. The molecule has 9 heteroatoms. The number of likely N-dealkylation sites (N-methyl/N-ethyl adjacent to an activating group) is 1. The van der Waals surface area contributed by atoms with Crippen LogP contribution in [-0.4, -0.2) is 53.3 Å². The lowest BCUT2D eigenvalue weighted by atomic mass is 10.0. The van der Waals surface area contributed by atoms with Crippen molar-refractivity contribution < 1.29 is 22.8 Å². The molecular formula is C24H27ClF3N3O2. The number of halogens is 4. The van der Waals surface area contributed by atoms with E-state index in [2.05, 4.69) is 5.32 Å². The van der Waals surface area contributed by atoms with Gasteiger partial charge in [-0.15, -0.1) is 11.6 Å². The SMILES string of the molecule is CN(CC1=CCC(Cl)C=C1)C(=O)C1CCCN1C(=O)NC1(c2cccc(C(F)(F)F)c2)CC1. The Morgan fingerprint density at radius 3 is 2.70 bits per heavy atom. The van der Waals surface area contributed by atoms with Crippen molar-refractivity contribution in [2.45, 2.75) is 55.2 Å². The van der Waals surface area contributed by atoms with Crippen molar-refractivity contribution in [3.05, 3.63) is 59.2 Å². The Labute approximate surface area is 196 Å². The smallest absolute Gasteiger partial charge is 0.340 e. The molecule has 0 spiro atoms. The molecule has 178 valence electrons. The molecule has 0 radical (unpaired) electrons. The van der Waals surface area contributed by atoms with Crippen LogP contribution in [0, 0.1) is 0 Å². The van der Waals surface area contributed by atoms with E-state index in [0.29, 0.717) is 50.8 Å². The summed E-state index contributed by atoms with van der Waals surface area (Å²) >= 11 is 6.05. The Morgan fingerprint density at radius 2 is 2.06 bits per heavy atom. The molecule has 4 rings (SSSR count). The number of urea groups is 1. The van der Waals surface area contributed by atoms with E-state index in [1.165, 1.54) is 11.0 Å². The highest BCUT2D eigenvalue weighted by Crippen LogP contribution is 2.47. The summed E-state index contributed by atoms with van der Waals surface area (Å²) in [4.78, 5) is 29.3. The second-order valence-electron chi connectivity index (χ2n) is 9.03. The number of carbonyl (C=O) groups is 2. The number of allylic oxidation sites excluding steroid dienone is 2. The third-order valence-corrected chi connectivity index (χ3v) is 6.88. The monoisotopic (exact) mass is 481 g/mol. The van der Waals surface area contributed by atoms with Crippen LogP contribution in [0.15, 0.2) is 48.1 Å². The van der Waals surface area contributed by atoms with Crippen molar-refractivity contribution in [2.24, 2.45) is 0 Å². The molecule has 1 aromatic carbocycles. The maximum Gasteiger partial charge on any atom is 0.416 e. The molecule has 3 amide bonds. The second kappa shape index (κ2) is 9.05. The van der Waals surface area contributed by atoms with E-state index in [1.54, 1.807) is 18.0 Å². The van der Waals surface area contributed by atoms with Gasteiger partial charge in [0.2, 0.25) is 5.91 Å². The fourth-order valence-electron chi connectivity index (χ4n) is 4.51. The number of amides is 3. The van der Waals surface area contributed by atoms with Gasteiger partial charge in [-0.2, -0.15) is 13.2 Å². The molecule has 5 nitrogen and oxygen atoms in total. The summed E-state index contributed by atoms with van der Waals surface area (Å²) in [7, 11) is 1.71. The van der Waals surface area contributed by atoms with E-state index in [0.717, 1.165) is 17.7 Å². The molecule has 1 saturated heterocycles. The van der Waals surface area contributed by atoms with Crippen molar-refractivity contribution in [3.63, 3.8) is 0 Å². The number of benzene rings is 1. The Hall–Kier alpha value is -2.48. The van der Waals surface area contributed by atoms with Crippen molar-refractivity contribution in [3.8, 4) is 0 Å². The molecule has 0 bridgehead atoms. The maximum atomic E-state index is 13.1. The normalized spacial score (nSPS) is 23.8. The number of hydrogen-bond acceptors (Lipinski definition) is 2. The van der Waals surface area contributed by atoms with Crippen LogP contribution in [0.4, 0.5) is 18.0 Å². The van der Waals surface area contributed by atoms with Gasteiger partial charge in [0.15, 0.2) is 0 Å². The Bertz CT molecular complexity index is 987. The molecule has 0 aromatic heterocycles. The van der Waals surface area contributed by atoms with Gasteiger partial charge in [-0.25, -0.2) is 4.79 Å². The molecule has 2 fully saturated rings. The summed E-state index contributed by atoms with van der Waals surface area (Å²) in [6.07, 6.45) is 4.47. The maximum absolute atomic E-state index is 13.1. The lowest BCUT2D eigenvalue weighted by Gasteiger charge is -2.30.